The Kier molecular flexibility index (Phi) is 3.56. The van der Waals surface area contributed by atoms with E-state index in [-0.39, 0.29) is 11.7 Å². The van der Waals surface area contributed by atoms with E-state index in [2.05, 4.69) is 10.1 Å². The molecule has 0 amide bonds. The van der Waals surface area contributed by atoms with Gasteiger partial charge < -0.3 is 4.74 Å². The standard InChI is InChI=1S/C7H13N3O2S/c1-5(4-12-2)10-7(13-3)8-6(11)9-10/h5H,4H2,1-3H3,(H,9,11). The maximum absolute atomic E-state index is 10.9. The highest BCUT2D eigenvalue weighted by molar-refractivity contribution is 7.98. The summed E-state index contributed by atoms with van der Waals surface area (Å²) in [5.74, 6) is 0. The number of rotatable bonds is 4. The number of aromatic nitrogens is 3. The summed E-state index contributed by atoms with van der Waals surface area (Å²) in [4.78, 5) is 14.7. The van der Waals surface area contributed by atoms with Crippen LogP contribution in [0.15, 0.2) is 9.95 Å². The van der Waals surface area contributed by atoms with Gasteiger partial charge in [0.2, 0.25) is 0 Å². The van der Waals surface area contributed by atoms with Gasteiger partial charge in [-0.3, -0.25) is 4.68 Å². The maximum atomic E-state index is 10.9. The van der Waals surface area contributed by atoms with Crippen LogP contribution in [0.25, 0.3) is 0 Å². The number of methoxy groups -OCH3 is 1. The Morgan fingerprint density at radius 3 is 3.00 bits per heavy atom. The molecule has 0 aliphatic carbocycles. The first-order chi connectivity index (χ1) is 6.19. The lowest BCUT2D eigenvalue weighted by Crippen LogP contribution is -2.15. The zero-order valence-corrected chi connectivity index (χ0v) is 8.72. The second-order valence-corrected chi connectivity index (χ2v) is 3.46. The minimum atomic E-state index is -0.313. The molecular weight excluding hydrogens is 190 g/mol. The Labute approximate surface area is 80.5 Å². The van der Waals surface area contributed by atoms with E-state index in [9.17, 15) is 4.79 Å². The van der Waals surface area contributed by atoms with Gasteiger partial charge in [0.25, 0.3) is 0 Å². The average molecular weight is 203 g/mol. The second kappa shape index (κ2) is 4.48. The third-order valence-electron chi connectivity index (χ3n) is 1.65. The number of H-pyrrole nitrogens is 1. The lowest BCUT2D eigenvalue weighted by atomic mass is 10.4. The first kappa shape index (κ1) is 10.3. The van der Waals surface area contributed by atoms with Crippen LogP contribution in [0.5, 0.6) is 0 Å². The zero-order chi connectivity index (χ0) is 9.84. The van der Waals surface area contributed by atoms with E-state index < -0.39 is 0 Å². The van der Waals surface area contributed by atoms with Gasteiger partial charge in [-0.2, -0.15) is 4.98 Å². The molecule has 0 bridgehead atoms. The number of hydrogen-bond acceptors (Lipinski definition) is 4. The van der Waals surface area contributed by atoms with Crippen LogP contribution < -0.4 is 5.69 Å². The topological polar surface area (TPSA) is 59.9 Å². The molecule has 5 nitrogen and oxygen atoms in total. The van der Waals surface area contributed by atoms with E-state index in [1.807, 2.05) is 13.2 Å². The summed E-state index contributed by atoms with van der Waals surface area (Å²) >= 11 is 1.44. The van der Waals surface area contributed by atoms with Crippen LogP contribution in [0.3, 0.4) is 0 Å². The van der Waals surface area contributed by atoms with Crippen LogP contribution in [-0.2, 0) is 4.74 Å². The van der Waals surface area contributed by atoms with Crippen LogP contribution in [0, 0.1) is 0 Å². The molecule has 0 spiro atoms. The van der Waals surface area contributed by atoms with Gasteiger partial charge in [0, 0.05) is 7.11 Å². The molecule has 1 heterocycles. The summed E-state index contributed by atoms with van der Waals surface area (Å²) in [5.41, 5.74) is -0.313. The van der Waals surface area contributed by atoms with Gasteiger partial charge in [-0.25, -0.2) is 9.89 Å². The minimum Gasteiger partial charge on any atom is -0.382 e. The molecule has 6 heteroatoms. The molecule has 0 radical (unpaired) electrons. The van der Waals surface area contributed by atoms with Crippen molar-refractivity contribution in [3.63, 3.8) is 0 Å². The van der Waals surface area contributed by atoms with Gasteiger partial charge in [0.05, 0.1) is 12.6 Å². The Bertz CT molecular complexity index is 320. The van der Waals surface area contributed by atoms with Crippen LogP contribution >= 0.6 is 11.8 Å². The number of hydrogen-bond donors (Lipinski definition) is 1. The maximum Gasteiger partial charge on any atom is 0.362 e. The first-order valence-corrected chi connectivity index (χ1v) is 5.13. The van der Waals surface area contributed by atoms with Gasteiger partial charge in [-0.05, 0) is 13.2 Å². The lowest BCUT2D eigenvalue weighted by Gasteiger charge is -2.12. The van der Waals surface area contributed by atoms with Crippen LogP contribution in [0.1, 0.15) is 13.0 Å². The van der Waals surface area contributed by atoms with Gasteiger partial charge in [-0.15, -0.1) is 0 Å². The van der Waals surface area contributed by atoms with Gasteiger partial charge in [0.15, 0.2) is 5.16 Å². The molecule has 0 aliphatic rings. The smallest absolute Gasteiger partial charge is 0.362 e. The summed E-state index contributed by atoms with van der Waals surface area (Å²) in [7, 11) is 1.63. The van der Waals surface area contributed by atoms with Gasteiger partial charge in [0.1, 0.15) is 0 Å². The molecule has 13 heavy (non-hydrogen) atoms. The van der Waals surface area contributed by atoms with Crippen molar-refractivity contribution in [2.75, 3.05) is 20.0 Å². The second-order valence-electron chi connectivity index (χ2n) is 2.69. The fourth-order valence-electron chi connectivity index (χ4n) is 1.08. The third-order valence-corrected chi connectivity index (χ3v) is 2.30. The van der Waals surface area contributed by atoms with Crippen molar-refractivity contribution in [2.24, 2.45) is 0 Å². The third kappa shape index (κ3) is 2.35. The predicted molar refractivity (Wildman–Crippen MR) is 51.2 cm³/mol. The molecule has 0 saturated heterocycles. The number of nitrogens with one attached hydrogen (secondary N) is 1. The van der Waals surface area contributed by atoms with Crippen molar-refractivity contribution >= 4 is 11.8 Å². The van der Waals surface area contributed by atoms with Crippen LogP contribution in [0.4, 0.5) is 0 Å². The van der Waals surface area contributed by atoms with Crippen LogP contribution in [0.2, 0.25) is 0 Å². The molecule has 1 rings (SSSR count). The fourth-order valence-corrected chi connectivity index (χ4v) is 1.67. The monoisotopic (exact) mass is 203 g/mol. The molecule has 1 aromatic rings. The highest BCUT2D eigenvalue weighted by Crippen LogP contribution is 2.13. The molecule has 1 atom stereocenters. The number of thioether (sulfide) groups is 1. The Morgan fingerprint density at radius 2 is 2.46 bits per heavy atom. The van der Waals surface area contributed by atoms with E-state index in [1.54, 1.807) is 11.8 Å². The summed E-state index contributed by atoms with van der Waals surface area (Å²) < 4.78 is 6.71. The highest BCUT2D eigenvalue weighted by atomic mass is 32.2. The zero-order valence-electron chi connectivity index (χ0n) is 7.90. The summed E-state index contributed by atoms with van der Waals surface area (Å²) in [6.45, 7) is 2.51. The highest BCUT2D eigenvalue weighted by Gasteiger charge is 2.10. The van der Waals surface area contributed by atoms with E-state index >= 15 is 0 Å². The number of nitrogens with zero attached hydrogens (tertiary/aromatic N) is 2. The number of aromatic amines is 1. The van der Waals surface area contributed by atoms with Gasteiger partial charge >= 0.3 is 5.69 Å². The van der Waals surface area contributed by atoms with E-state index in [0.29, 0.717) is 11.8 Å². The largest absolute Gasteiger partial charge is 0.382 e. The SMILES string of the molecule is COCC(C)n1[nH]c(=O)nc1SC. The van der Waals surface area contributed by atoms with Gasteiger partial charge in [-0.1, -0.05) is 11.8 Å². The first-order valence-electron chi connectivity index (χ1n) is 3.90. The van der Waals surface area contributed by atoms with E-state index in [1.165, 1.54) is 11.8 Å². The van der Waals surface area contributed by atoms with Crippen molar-refractivity contribution in [2.45, 2.75) is 18.1 Å². The molecule has 0 aliphatic heterocycles. The average Bonchev–Trinajstić information content (AvgIpc) is 2.47. The fraction of sp³-hybridized carbons (Fsp3) is 0.714. The van der Waals surface area contributed by atoms with Crippen molar-refractivity contribution in [3.05, 3.63) is 10.5 Å². The molecule has 1 aromatic heterocycles. The quantitative estimate of drug-likeness (QED) is 0.724. The minimum absolute atomic E-state index is 0.0997. The summed E-state index contributed by atoms with van der Waals surface area (Å²) in [5, 5.41) is 3.32. The molecular formula is C7H13N3O2S. The van der Waals surface area contributed by atoms with E-state index in [4.69, 9.17) is 4.74 Å². The Hall–Kier alpha value is -0.750. The van der Waals surface area contributed by atoms with E-state index in [0.717, 1.165) is 0 Å². The number of ether oxygens (including phenoxy) is 1. The van der Waals surface area contributed by atoms with Crippen molar-refractivity contribution in [1.82, 2.24) is 14.8 Å². The van der Waals surface area contributed by atoms with Crippen molar-refractivity contribution in [3.8, 4) is 0 Å². The van der Waals surface area contributed by atoms with Crippen molar-refractivity contribution in [1.29, 1.82) is 0 Å². The normalized spacial score (nSPS) is 13.2. The molecule has 1 unspecified atom stereocenters. The molecule has 74 valence electrons. The molecule has 1 N–H and O–H groups in total. The van der Waals surface area contributed by atoms with Crippen molar-refractivity contribution < 1.29 is 4.74 Å². The Morgan fingerprint density at radius 1 is 1.77 bits per heavy atom. The Balaban J connectivity index is 2.91. The van der Waals surface area contributed by atoms with Crippen LogP contribution in [-0.4, -0.2) is 34.7 Å². The molecule has 0 fully saturated rings. The molecule has 0 aromatic carbocycles. The molecule has 0 saturated carbocycles. The summed E-state index contributed by atoms with van der Waals surface area (Å²) in [6, 6.07) is 0.0997. The predicted octanol–water partition coefficient (Wildman–Crippen LogP) is 0.501. The lowest BCUT2D eigenvalue weighted by molar-refractivity contribution is 0.152. The summed E-state index contributed by atoms with van der Waals surface area (Å²) in [6.07, 6.45) is 1.88.